The first-order valence-corrected chi connectivity index (χ1v) is 13.1. The second-order valence-corrected chi connectivity index (χ2v) is 9.23. The first kappa shape index (κ1) is 25.9. The number of amides is 2. The van der Waals surface area contributed by atoms with Crippen LogP contribution in [0.2, 0.25) is 0 Å². The van der Waals surface area contributed by atoms with Crippen LogP contribution in [0.25, 0.3) is 0 Å². The van der Waals surface area contributed by atoms with Crippen molar-refractivity contribution in [2.75, 3.05) is 39.5 Å². The summed E-state index contributed by atoms with van der Waals surface area (Å²) >= 11 is 0. The molecule has 3 heterocycles. The predicted molar refractivity (Wildman–Crippen MR) is 134 cm³/mol. The number of hydrogen-bond donors (Lipinski definition) is 1. The predicted octanol–water partition coefficient (Wildman–Crippen LogP) is 3.01. The topological polar surface area (TPSA) is 103 Å². The summed E-state index contributed by atoms with van der Waals surface area (Å²) in [6, 6.07) is 6.74. The van der Waals surface area contributed by atoms with E-state index in [1.807, 2.05) is 11.8 Å². The number of benzene rings is 1. The van der Waals surface area contributed by atoms with Gasteiger partial charge < -0.3 is 19.7 Å². The van der Waals surface area contributed by atoms with Gasteiger partial charge >= 0.3 is 5.97 Å². The second kappa shape index (κ2) is 12.7. The Morgan fingerprint density at radius 1 is 1.11 bits per heavy atom. The molecule has 2 aromatic rings. The van der Waals surface area contributed by atoms with Crippen molar-refractivity contribution in [2.24, 2.45) is 0 Å². The Bertz CT molecular complexity index is 1070. The standard InChI is InChI=1S/C27H36N4O5/c1-2-31-24-22(11-6-16-35-17-8-13-28-25(24)32)23(29-31)12-7-18-36-27(34)21-10-5-9-20(19-21)26(33)30-14-3-4-15-30/h5,9-10,19H,2-4,6-8,11-18H2,1H3,(H,28,32). The summed E-state index contributed by atoms with van der Waals surface area (Å²) in [5.74, 6) is -0.579. The van der Waals surface area contributed by atoms with Gasteiger partial charge in [0.05, 0.1) is 17.9 Å². The van der Waals surface area contributed by atoms with E-state index >= 15 is 0 Å². The average molecular weight is 497 g/mol. The number of ether oxygens (including phenoxy) is 2. The highest BCUT2D eigenvalue weighted by Crippen LogP contribution is 2.20. The number of fused-ring (bicyclic) bond motifs is 1. The highest BCUT2D eigenvalue weighted by molar-refractivity contribution is 5.98. The molecule has 0 bridgehead atoms. The van der Waals surface area contributed by atoms with Gasteiger partial charge in [-0.1, -0.05) is 6.07 Å². The van der Waals surface area contributed by atoms with E-state index in [1.54, 1.807) is 28.9 Å². The van der Waals surface area contributed by atoms with Gasteiger partial charge in [-0.3, -0.25) is 14.3 Å². The highest BCUT2D eigenvalue weighted by Gasteiger charge is 2.23. The molecule has 1 aromatic carbocycles. The maximum atomic E-state index is 12.9. The number of nitrogens with zero attached hydrogens (tertiary/aromatic N) is 3. The van der Waals surface area contributed by atoms with Crippen molar-refractivity contribution in [1.82, 2.24) is 20.0 Å². The van der Waals surface area contributed by atoms with Crippen molar-refractivity contribution < 1.29 is 23.9 Å². The lowest BCUT2D eigenvalue weighted by Crippen LogP contribution is -2.28. The lowest BCUT2D eigenvalue weighted by molar-refractivity contribution is 0.0500. The molecule has 9 heteroatoms. The Balaban J connectivity index is 1.36. The molecule has 2 amide bonds. The number of carbonyl (C=O) groups excluding carboxylic acids is 3. The third kappa shape index (κ3) is 6.32. The van der Waals surface area contributed by atoms with Gasteiger partial charge in [0.15, 0.2) is 0 Å². The normalized spacial score (nSPS) is 16.7. The van der Waals surface area contributed by atoms with Crippen molar-refractivity contribution in [3.05, 3.63) is 52.3 Å². The van der Waals surface area contributed by atoms with Crippen molar-refractivity contribution in [3.63, 3.8) is 0 Å². The highest BCUT2D eigenvalue weighted by atomic mass is 16.5. The number of hydrogen-bond acceptors (Lipinski definition) is 6. The van der Waals surface area contributed by atoms with E-state index in [1.165, 1.54) is 0 Å². The van der Waals surface area contributed by atoms with Crippen molar-refractivity contribution in [3.8, 4) is 0 Å². The van der Waals surface area contributed by atoms with Crippen LogP contribution in [0.5, 0.6) is 0 Å². The summed E-state index contributed by atoms with van der Waals surface area (Å²) < 4.78 is 12.9. The molecule has 0 saturated carbocycles. The molecule has 1 N–H and O–H groups in total. The van der Waals surface area contributed by atoms with Gasteiger partial charge in [0.25, 0.3) is 11.8 Å². The zero-order chi connectivity index (χ0) is 25.3. The summed E-state index contributed by atoms with van der Waals surface area (Å²) in [5, 5.41) is 7.68. The van der Waals surface area contributed by atoms with Gasteiger partial charge in [0, 0.05) is 50.5 Å². The Kier molecular flexibility index (Phi) is 9.11. The lowest BCUT2D eigenvalue weighted by Gasteiger charge is -2.15. The van der Waals surface area contributed by atoms with Crippen molar-refractivity contribution >= 4 is 17.8 Å². The average Bonchev–Trinajstić information content (AvgIpc) is 3.55. The van der Waals surface area contributed by atoms with Gasteiger partial charge in [-0.25, -0.2) is 4.79 Å². The summed E-state index contributed by atoms with van der Waals surface area (Å²) in [7, 11) is 0. The maximum absolute atomic E-state index is 12.9. The van der Waals surface area contributed by atoms with Crippen LogP contribution in [-0.2, 0) is 28.9 Å². The number of likely N-dealkylation sites (tertiary alicyclic amines) is 1. The van der Waals surface area contributed by atoms with E-state index in [9.17, 15) is 14.4 Å². The molecule has 0 spiro atoms. The summed E-state index contributed by atoms with van der Waals surface area (Å²) in [6.45, 7) is 6.21. The van der Waals surface area contributed by atoms with Crippen LogP contribution in [-0.4, -0.2) is 71.9 Å². The first-order chi connectivity index (χ1) is 17.6. The van der Waals surface area contributed by atoms with Gasteiger partial charge in [-0.05, 0) is 70.1 Å². The van der Waals surface area contributed by atoms with Crippen LogP contribution in [0.1, 0.15) is 81.5 Å². The van der Waals surface area contributed by atoms with Crippen LogP contribution < -0.4 is 5.32 Å². The molecular formula is C27H36N4O5. The number of esters is 1. The zero-order valence-electron chi connectivity index (χ0n) is 21.1. The van der Waals surface area contributed by atoms with Crippen LogP contribution in [0.4, 0.5) is 0 Å². The fraction of sp³-hybridized carbons (Fsp3) is 0.556. The summed E-state index contributed by atoms with van der Waals surface area (Å²) in [6.07, 6.45) is 5.56. The van der Waals surface area contributed by atoms with Gasteiger partial charge in [0.2, 0.25) is 0 Å². The van der Waals surface area contributed by atoms with E-state index in [-0.39, 0.29) is 18.4 Å². The Hall–Kier alpha value is -3.20. The van der Waals surface area contributed by atoms with Crippen molar-refractivity contribution in [1.29, 1.82) is 0 Å². The molecule has 0 aliphatic carbocycles. The monoisotopic (exact) mass is 496 g/mol. The Morgan fingerprint density at radius 3 is 2.69 bits per heavy atom. The molecule has 194 valence electrons. The molecule has 1 aromatic heterocycles. The maximum Gasteiger partial charge on any atom is 0.338 e. The molecule has 2 aliphatic heterocycles. The smallest absolute Gasteiger partial charge is 0.338 e. The van der Waals surface area contributed by atoms with Gasteiger partial charge in [0.1, 0.15) is 5.69 Å². The first-order valence-electron chi connectivity index (χ1n) is 13.1. The van der Waals surface area contributed by atoms with Gasteiger partial charge in [-0.15, -0.1) is 0 Å². The minimum absolute atomic E-state index is 0.0400. The van der Waals surface area contributed by atoms with Crippen LogP contribution in [0.15, 0.2) is 24.3 Å². The molecule has 9 nitrogen and oxygen atoms in total. The van der Waals surface area contributed by atoms with E-state index in [2.05, 4.69) is 5.32 Å². The van der Waals surface area contributed by atoms with Crippen LogP contribution in [0, 0.1) is 0 Å². The molecule has 2 aliphatic rings. The second-order valence-electron chi connectivity index (χ2n) is 9.23. The molecule has 1 fully saturated rings. The molecule has 36 heavy (non-hydrogen) atoms. The molecule has 1 saturated heterocycles. The SMILES string of the molecule is CCn1nc(CCCOC(=O)c2cccc(C(=O)N3CCCC3)c2)c2c1C(=O)NCCCOCCC2. The number of aryl methyl sites for hydroxylation is 2. The largest absolute Gasteiger partial charge is 0.462 e. The Labute approximate surface area is 212 Å². The number of aromatic nitrogens is 2. The van der Waals surface area contributed by atoms with E-state index in [4.69, 9.17) is 14.6 Å². The van der Waals surface area contributed by atoms with Crippen LogP contribution in [0.3, 0.4) is 0 Å². The molecule has 4 rings (SSSR count). The molecule has 0 radical (unpaired) electrons. The van der Waals surface area contributed by atoms with Crippen molar-refractivity contribution in [2.45, 2.75) is 58.4 Å². The fourth-order valence-electron chi connectivity index (χ4n) is 4.78. The fourth-order valence-corrected chi connectivity index (χ4v) is 4.78. The van der Waals surface area contributed by atoms with Gasteiger partial charge in [-0.2, -0.15) is 5.10 Å². The van der Waals surface area contributed by atoms with E-state index < -0.39 is 5.97 Å². The quantitative estimate of drug-likeness (QED) is 0.467. The third-order valence-electron chi connectivity index (χ3n) is 6.64. The number of rotatable bonds is 7. The van der Waals surface area contributed by atoms with E-state index in [0.29, 0.717) is 56.0 Å². The van der Waals surface area contributed by atoms with E-state index in [0.717, 1.165) is 56.5 Å². The lowest BCUT2D eigenvalue weighted by atomic mass is 10.0. The number of nitrogens with one attached hydrogen (secondary N) is 1. The molecule has 0 unspecified atom stereocenters. The minimum atomic E-state index is -0.444. The molecular weight excluding hydrogens is 460 g/mol. The number of carbonyl (C=O) groups is 3. The zero-order valence-corrected chi connectivity index (χ0v) is 21.1. The molecule has 0 atom stereocenters. The minimum Gasteiger partial charge on any atom is -0.462 e. The Morgan fingerprint density at radius 2 is 1.89 bits per heavy atom. The summed E-state index contributed by atoms with van der Waals surface area (Å²) in [4.78, 5) is 39.9. The summed E-state index contributed by atoms with van der Waals surface area (Å²) in [5.41, 5.74) is 3.35. The third-order valence-corrected chi connectivity index (χ3v) is 6.64. The van der Waals surface area contributed by atoms with Crippen LogP contribution >= 0.6 is 0 Å².